The maximum atomic E-state index is 13.9. The predicted molar refractivity (Wildman–Crippen MR) is 133 cm³/mol. The number of carbonyl (C=O) groups excluding carboxylic acids is 2. The second-order valence-electron chi connectivity index (χ2n) is 7.75. The van der Waals surface area contributed by atoms with Crippen LogP contribution in [0, 0.1) is 0 Å². The van der Waals surface area contributed by atoms with E-state index in [4.69, 9.17) is 49.0 Å². The van der Waals surface area contributed by atoms with Crippen LogP contribution in [0.15, 0.2) is 48.5 Å². The van der Waals surface area contributed by atoms with Gasteiger partial charge >= 0.3 is 5.97 Å². The quantitative estimate of drug-likeness (QED) is 0.434. The van der Waals surface area contributed by atoms with Gasteiger partial charge in [-0.2, -0.15) is 0 Å². The first-order valence-electron chi connectivity index (χ1n) is 10.3. The number of fused-ring (bicyclic) bond motifs is 1. The van der Waals surface area contributed by atoms with Crippen molar-refractivity contribution < 1.29 is 28.9 Å². The fourth-order valence-electron chi connectivity index (χ4n) is 4.14. The molecular formula is C25H20Cl3NO6. The third-order valence-corrected chi connectivity index (χ3v) is 6.68. The Morgan fingerprint density at radius 3 is 2.34 bits per heavy atom. The van der Waals surface area contributed by atoms with Gasteiger partial charge < -0.3 is 24.2 Å². The van der Waals surface area contributed by atoms with Crippen molar-refractivity contribution in [3.8, 4) is 11.5 Å². The summed E-state index contributed by atoms with van der Waals surface area (Å²) in [6.45, 7) is 0.0109. The van der Waals surface area contributed by atoms with Gasteiger partial charge in [-0.15, -0.1) is 0 Å². The van der Waals surface area contributed by atoms with Crippen molar-refractivity contribution in [2.24, 2.45) is 0 Å². The molecule has 0 saturated carbocycles. The number of methoxy groups -OCH3 is 3. The smallest absolute Gasteiger partial charge is 0.337 e. The van der Waals surface area contributed by atoms with Gasteiger partial charge in [-0.1, -0.05) is 34.8 Å². The summed E-state index contributed by atoms with van der Waals surface area (Å²) in [6.07, 6.45) is 0. The average Bonchev–Trinajstić information content (AvgIpc) is 3.06. The molecule has 182 valence electrons. The molecule has 4 rings (SSSR count). The zero-order valence-corrected chi connectivity index (χ0v) is 21.2. The fourth-order valence-corrected chi connectivity index (χ4v) is 4.99. The summed E-state index contributed by atoms with van der Waals surface area (Å²) in [4.78, 5) is 27.4. The highest BCUT2D eigenvalue weighted by Crippen LogP contribution is 2.51. The largest absolute Gasteiger partial charge is 0.497 e. The Hall–Kier alpha value is -2.97. The molecule has 0 spiro atoms. The molecule has 1 N–H and O–H groups in total. The van der Waals surface area contributed by atoms with Gasteiger partial charge in [-0.25, -0.2) is 4.79 Å². The first kappa shape index (κ1) is 25.1. The third-order valence-electron chi connectivity index (χ3n) is 5.84. The molecule has 0 fully saturated rings. The van der Waals surface area contributed by atoms with Gasteiger partial charge in [-0.05, 0) is 42.5 Å². The van der Waals surface area contributed by atoms with Crippen LogP contribution in [-0.2, 0) is 21.7 Å². The van der Waals surface area contributed by atoms with Crippen molar-refractivity contribution in [1.82, 2.24) is 0 Å². The molecule has 0 radical (unpaired) electrons. The zero-order chi connectivity index (χ0) is 25.5. The molecule has 1 amide bonds. The molecule has 1 atom stereocenters. The van der Waals surface area contributed by atoms with E-state index in [0.29, 0.717) is 17.1 Å². The predicted octanol–water partition coefficient (Wildman–Crippen LogP) is 5.23. The Morgan fingerprint density at radius 2 is 1.69 bits per heavy atom. The number of anilines is 1. The minimum absolute atomic E-state index is 0.00385. The van der Waals surface area contributed by atoms with Crippen LogP contribution in [0.3, 0.4) is 0 Å². The SMILES string of the molecule is COC(=O)c1ccc(Cl)c(C2(O)C(=O)N(Cc3ccc(OC)cc3OC)c3c(Cl)cc(Cl)cc32)c1. The molecule has 1 unspecified atom stereocenters. The summed E-state index contributed by atoms with van der Waals surface area (Å²) in [5.41, 5.74) is -1.13. The second kappa shape index (κ2) is 9.59. The van der Waals surface area contributed by atoms with E-state index < -0.39 is 17.5 Å². The van der Waals surface area contributed by atoms with Gasteiger partial charge in [0.2, 0.25) is 0 Å². The van der Waals surface area contributed by atoms with E-state index in [1.165, 1.54) is 56.6 Å². The maximum absolute atomic E-state index is 13.9. The summed E-state index contributed by atoms with van der Waals surface area (Å²) in [6, 6.07) is 12.3. The Morgan fingerprint density at radius 1 is 0.943 bits per heavy atom. The molecule has 0 aliphatic carbocycles. The van der Waals surface area contributed by atoms with Gasteiger partial charge in [0.1, 0.15) is 11.5 Å². The topological polar surface area (TPSA) is 85.3 Å². The Labute approximate surface area is 216 Å². The maximum Gasteiger partial charge on any atom is 0.337 e. The first-order chi connectivity index (χ1) is 16.6. The van der Waals surface area contributed by atoms with Crippen molar-refractivity contribution in [3.05, 3.63) is 85.9 Å². The number of esters is 1. The van der Waals surface area contributed by atoms with E-state index in [1.807, 2.05) is 0 Å². The minimum atomic E-state index is -2.27. The third kappa shape index (κ3) is 4.19. The number of benzene rings is 3. The monoisotopic (exact) mass is 535 g/mol. The highest BCUT2D eigenvalue weighted by Gasteiger charge is 2.53. The first-order valence-corrected chi connectivity index (χ1v) is 11.4. The van der Waals surface area contributed by atoms with Gasteiger partial charge in [0, 0.05) is 32.8 Å². The standard InChI is InChI=1S/C25H20Cl3NO6/c1-33-16-6-4-14(21(11-16)34-2)12-29-22-18(9-15(26)10-20(22)28)25(32,24(29)31)17-8-13(23(30)35-3)5-7-19(17)27/h4-11,32H,12H2,1-3H3. The van der Waals surface area contributed by atoms with Gasteiger partial charge in [0.15, 0.2) is 5.60 Å². The number of carbonyl (C=O) groups is 2. The molecule has 0 saturated heterocycles. The lowest BCUT2D eigenvalue weighted by Gasteiger charge is -2.25. The van der Waals surface area contributed by atoms with Crippen molar-refractivity contribution in [2.45, 2.75) is 12.1 Å². The number of amides is 1. The number of halogens is 3. The van der Waals surface area contributed by atoms with E-state index in [0.717, 1.165) is 0 Å². The van der Waals surface area contributed by atoms with Crippen molar-refractivity contribution >= 4 is 52.4 Å². The number of aliphatic hydroxyl groups is 1. The summed E-state index contributed by atoms with van der Waals surface area (Å²) in [7, 11) is 4.26. The van der Waals surface area contributed by atoms with E-state index >= 15 is 0 Å². The molecule has 1 aliphatic rings. The lowest BCUT2D eigenvalue weighted by Crippen LogP contribution is -2.41. The molecule has 10 heteroatoms. The number of nitrogens with zero attached hydrogens (tertiary/aromatic N) is 1. The fraction of sp³-hybridized carbons (Fsp3) is 0.200. The van der Waals surface area contributed by atoms with Crippen LogP contribution >= 0.6 is 34.8 Å². The zero-order valence-electron chi connectivity index (χ0n) is 18.9. The number of hydrogen-bond acceptors (Lipinski definition) is 6. The second-order valence-corrected chi connectivity index (χ2v) is 9.00. The van der Waals surface area contributed by atoms with Gasteiger partial charge in [0.25, 0.3) is 5.91 Å². The number of ether oxygens (including phenoxy) is 3. The van der Waals surface area contributed by atoms with Gasteiger partial charge in [-0.3, -0.25) is 4.79 Å². The van der Waals surface area contributed by atoms with E-state index in [9.17, 15) is 14.7 Å². The summed E-state index contributed by atoms with van der Waals surface area (Å²) < 4.78 is 15.5. The minimum Gasteiger partial charge on any atom is -0.497 e. The number of rotatable bonds is 6. The summed E-state index contributed by atoms with van der Waals surface area (Å²) in [5, 5.41) is 12.4. The van der Waals surface area contributed by atoms with Crippen LogP contribution < -0.4 is 14.4 Å². The molecule has 3 aromatic rings. The lowest BCUT2D eigenvalue weighted by atomic mass is 9.86. The van der Waals surface area contributed by atoms with Crippen LogP contribution in [0.2, 0.25) is 15.1 Å². The van der Waals surface area contributed by atoms with Crippen LogP contribution in [0.25, 0.3) is 0 Å². The molecule has 7 nitrogen and oxygen atoms in total. The van der Waals surface area contributed by atoms with E-state index in [-0.39, 0.29) is 44.0 Å². The Kier molecular flexibility index (Phi) is 6.88. The van der Waals surface area contributed by atoms with Crippen molar-refractivity contribution in [1.29, 1.82) is 0 Å². The van der Waals surface area contributed by atoms with Crippen LogP contribution in [0.5, 0.6) is 11.5 Å². The van der Waals surface area contributed by atoms with Crippen LogP contribution in [0.4, 0.5) is 5.69 Å². The Bertz CT molecular complexity index is 1350. The average molecular weight is 537 g/mol. The molecule has 3 aromatic carbocycles. The van der Waals surface area contributed by atoms with E-state index in [2.05, 4.69) is 0 Å². The molecular weight excluding hydrogens is 517 g/mol. The number of hydrogen-bond donors (Lipinski definition) is 1. The van der Waals surface area contributed by atoms with Crippen LogP contribution in [0.1, 0.15) is 27.0 Å². The molecule has 0 bridgehead atoms. The summed E-state index contributed by atoms with van der Waals surface area (Å²) in [5.74, 6) is -0.323. The molecule has 35 heavy (non-hydrogen) atoms. The Balaban J connectivity index is 1.91. The highest BCUT2D eigenvalue weighted by atomic mass is 35.5. The molecule has 1 heterocycles. The van der Waals surface area contributed by atoms with Crippen molar-refractivity contribution in [3.63, 3.8) is 0 Å². The summed E-state index contributed by atoms with van der Waals surface area (Å²) >= 11 is 19.2. The lowest BCUT2D eigenvalue weighted by molar-refractivity contribution is -0.132. The highest BCUT2D eigenvalue weighted by molar-refractivity contribution is 6.38. The molecule has 1 aliphatic heterocycles. The molecule has 0 aromatic heterocycles. The van der Waals surface area contributed by atoms with E-state index in [1.54, 1.807) is 18.2 Å². The normalized spacial score (nSPS) is 16.8. The van der Waals surface area contributed by atoms with Crippen molar-refractivity contribution in [2.75, 3.05) is 26.2 Å². The van der Waals surface area contributed by atoms with Crippen LogP contribution in [-0.4, -0.2) is 38.3 Å². The van der Waals surface area contributed by atoms with Gasteiger partial charge in [0.05, 0.1) is 44.1 Å².